The molecule has 3 nitrogen and oxygen atoms in total. The SMILES string of the molecule is [NH]c1nc(Cl)cc(Cl)n1. The van der Waals surface area contributed by atoms with E-state index in [2.05, 4.69) is 9.97 Å². The molecule has 1 aromatic rings. The fourth-order valence-corrected chi connectivity index (χ4v) is 0.813. The Hall–Kier alpha value is -0.540. The molecule has 0 fully saturated rings. The van der Waals surface area contributed by atoms with Gasteiger partial charge in [-0.25, -0.2) is 0 Å². The molecule has 0 aliphatic heterocycles. The van der Waals surface area contributed by atoms with E-state index in [9.17, 15) is 0 Å². The zero-order valence-corrected chi connectivity index (χ0v) is 5.74. The molecule has 0 spiro atoms. The van der Waals surface area contributed by atoms with Gasteiger partial charge in [-0.1, -0.05) is 23.2 Å². The highest BCUT2D eigenvalue weighted by Crippen LogP contribution is 2.12. The molecule has 5 heteroatoms. The Morgan fingerprint density at radius 1 is 1.22 bits per heavy atom. The van der Waals surface area contributed by atoms with E-state index in [1.54, 1.807) is 0 Å². The summed E-state index contributed by atoms with van der Waals surface area (Å²) in [6.07, 6.45) is 0. The average Bonchev–Trinajstić information content (AvgIpc) is 1.59. The molecule has 0 saturated carbocycles. The number of nitrogens with one attached hydrogen (secondary N) is 1. The minimum absolute atomic E-state index is 0.160. The van der Waals surface area contributed by atoms with Crippen LogP contribution in [0.25, 0.3) is 0 Å². The van der Waals surface area contributed by atoms with E-state index in [0.29, 0.717) is 0 Å². The first-order valence-corrected chi connectivity index (χ1v) is 2.86. The zero-order chi connectivity index (χ0) is 6.85. The number of halogens is 2. The Bertz CT molecular complexity index is 175. The molecule has 1 N–H and O–H groups in total. The molecule has 1 aromatic heterocycles. The maximum absolute atomic E-state index is 6.89. The van der Waals surface area contributed by atoms with E-state index < -0.39 is 0 Å². The highest BCUT2D eigenvalue weighted by molar-refractivity contribution is 6.33. The lowest BCUT2D eigenvalue weighted by atomic mass is 10.7. The predicted molar refractivity (Wildman–Crippen MR) is 34.8 cm³/mol. The number of nitrogens with zero attached hydrogens (tertiary/aromatic N) is 2. The second-order valence-corrected chi connectivity index (χ2v) is 2.11. The van der Waals surface area contributed by atoms with Crippen molar-refractivity contribution in [3.05, 3.63) is 16.4 Å². The van der Waals surface area contributed by atoms with Crippen molar-refractivity contribution in [2.24, 2.45) is 0 Å². The molecule has 0 bridgehead atoms. The summed E-state index contributed by atoms with van der Waals surface area (Å²) in [4.78, 5) is 6.94. The summed E-state index contributed by atoms with van der Waals surface area (Å²) >= 11 is 10.8. The van der Waals surface area contributed by atoms with Crippen LogP contribution in [0.1, 0.15) is 0 Å². The number of aromatic nitrogens is 2. The topological polar surface area (TPSA) is 49.6 Å². The molecule has 1 heterocycles. The molecule has 0 saturated heterocycles. The van der Waals surface area contributed by atoms with Gasteiger partial charge in [-0.2, -0.15) is 9.97 Å². The largest absolute Gasteiger partial charge is 0.265 e. The minimum Gasteiger partial charge on any atom is -0.265 e. The van der Waals surface area contributed by atoms with Gasteiger partial charge in [0.05, 0.1) is 0 Å². The van der Waals surface area contributed by atoms with Gasteiger partial charge < -0.3 is 0 Å². The Morgan fingerprint density at radius 2 is 1.67 bits per heavy atom. The lowest BCUT2D eigenvalue weighted by Gasteiger charge is -1.90. The standard InChI is InChI=1S/C4H2Cl2N3/c5-2-1-3(6)9-4(7)8-2/h1,7H. The second kappa shape index (κ2) is 2.37. The normalized spacial score (nSPS) is 9.56. The van der Waals surface area contributed by atoms with E-state index in [1.165, 1.54) is 6.07 Å². The Balaban J connectivity index is 3.17. The maximum Gasteiger partial charge on any atom is 0.244 e. The highest BCUT2D eigenvalue weighted by Gasteiger charge is 1.95. The molecule has 9 heavy (non-hydrogen) atoms. The van der Waals surface area contributed by atoms with E-state index in [4.69, 9.17) is 28.9 Å². The van der Waals surface area contributed by atoms with Crippen molar-refractivity contribution in [3.63, 3.8) is 0 Å². The van der Waals surface area contributed by atoms with Crippen molar-refractivity contribution < 1.29 is 0 Å². The summed E-state index contributed by atoms with van der Waals surface area (Å²) in [5.74, 6) is -0.160. The molecular weight excluding hydrogens is 161 g/mol. The van der Waals surface area contributed by atoms with Crippen molar-refractivity contribution in [1.29, 1.82) is 0 Å². The fourth-order valence-electron chi connectivity index (χ4n) is 0.390. The van der Waals surface area contributed by atoms with Gasteiger partial charge in [-0.3, -0.25) is 5.73 Å². The van der Waals surface area contributed by atoms with Gasteiger partial charge in [0.15, 0.2) is 0 Å². The number of rotatable bonds is 0. The monoisotopic (exact) mass is 162 g/mol. The van der Waals surface area contributed by atoms with Crippen LogP contribution < -0.4 is 5.73 Å². The molecule has 0 atom stereocenters. The molecule has 47 valence electrons. The summed E-state index contributed by atoms with van der Waals surface area (Å²) in [5, 5.41) is 0.389. The Morgan fingerprint density at radius 3 is 2.00 bits per heavy atom. The van der Waals surface area contributed by atoms with Gasteiger partial charge >= 0.3 is 0 Å². The Kier molecular flexibility index (Phi) is 1.73. The molecule has 0 aliphatic carbocycles. The van der Waals surface area contributed by atoms with Gasteiger partial charge in [0.25, 0.3) is 0 Å². The zero-order valence-electron chi connectivity index (χ0n) is 4.23. The summed E-state index contributed by atoms with van der Waals surface area (Å²) < 4.78 is 0. The van der Waals surface area contributed by atoms with E-state index in [1.807, 2.05) is 0 Å². The Labute approximate surface area is 61.8 Å². The van der Waals surface area contributed by atoms with Crippen molar-refractivity contribution >= 4 is 29.2 Å². The molecule has 0 aromatic carbocycles. The summed E-state index contributed by atoms with van der Waals surface area (Å²) in [6.45, 7) is 0. The van der Waals surface area contributed by atoms with Gasteiger partial charge in [-0.05, 0) is 0 Å². The van der Waals surface area contributed by atoms with Gasteiger partial charge in [0, 0.05) is 6.07 Å². The number of hydrogen-bond donors (Lipinski definition) is 0. The quantitative estimate of drug-likeness (QED) is 0.546. The third-order valence-electron chi connectivity index (χ3n) is 0.664. The molecule has 1 radical (unpaired) electrons. The van der Waals surface area contributed by atoms with Crippen LogP contribution in [-0.2, 0) is 0 Å². The van der Waals surface area contributed by atoms with Crippen LogP contribution in [0.4, 0.5) is 5.95 Å². The van der Waals surface area contributed by atoms with Gasteiger partial charge in [-0.15, -0.1) is 0 Å². The molecule has 1 rings (SSSR count). The van der Waals surface area contributed by atoms with Crippen molar-refractivity contribution in [2.45, 2.75) is 0 Å². The average molecular weight is 163 g/mol. The third kappa shape index (κ3) is 1.69. The van der Waals surface area contributed by atoms with Crippen molar-refractivity contribution in [3.8, 4) is 0 Å². The molecular formula is C4H2Cl2N3. The summed E-state index contributed by atoms with van der Waals surface area (Å²) in [6, 6.07) is 1.38. The van der Waals surface area contributed by atoms with E-state index in [-0.39, 0.29) is 16.3 Å². The lowest BCUT2D eigenvalue weighted by molar-refractivity contribution is 1.12. The van der Waals surface area contributed by atoms with Crippen molar-refractivity contribution in [2.75, 3.05) is 0 Å². The molecule has 0 unspecified atom stereocenters. The van der Waals surface area contributed by atoms with Crippen LogP contribution in [0.15, 0.2) is 6.07 Å². The smallest absolute Gasteiger partial charge is 0.244 e. The van der Waals surface area contributed by atoms with Crippen LogP contribution in [-0.4, -0.2) is 9.97 Å². The molecule has 0 amide bonds. The van der Waals surface area contributed by atoms with E-state index in [0.717, 1.165) is 0 Å². The molecule has 0 aliphatic rings. The first-order valence-electron chi connectivity index (χ1n) is 2.10. The fraction of sp³-hybridized carbons (Fsp3) is 0. The summed E-state index contributed by atoms with van der Waals surface area (Å²) in [5.41, 5.74) is 6.89. The van der Waals surface area contributed by atoms with Crippen LogP contribution in [0.2, 0.25) is 10.3 Å². The van der Waals surface area contributed by atoms with Gasteiger partial charge in [0.1, 0.15) is 10.3 Å². The van der Waals surface area contributed by atoms with Crippen LogP contribution in [0, 0.1) is 0 Å². The first-order chi connectivity index (χ1) is 4.18. The highest BCUT2D eigenvalue weighted by atomic mass is 35.5. The van der Waals surface area contributed by atoms with Gasteiger partial charge in [0.2, 0.25) is 5.95 Å². The summed E-state index contributed by atoms with van der Waals surface area (Å²) in [7, 11) is 0. The number of hydrogen-bond acceptors (Lipinski definition) is 2. The second-order valence-electron chi connectivity index (χ2n) is 1.34. The lowest BCUT2D eigenvalue weighted by Crippen LogP contribution is -1.83. The first kappa shape index (κ1) is 6.58. The predicted octanol–water partition coefficient (Wildman–Crippen LogP) is 1.70. The van der Waals surface area contributed by atoms with Crippen LogP contribution >= 0.6 is 23.2 Å². The van der Waals surface area contributed by atoms with Crippen LogP contribution in [0.5, 0.6) is 0 Å². The van der Waals surface area contributed by atoms with Crippen molar-refractivity contribution in [1.82, 2.24) is 15.7 Å². The minimum atomic E-state index is -0.160. The van der Waals surface area contributed by atoms with E-state index >= 15 is 0 Å². The third-order valence-corrected chi connectivity index (χ3v) is 1.05. The maximum atomic E-state index is 6.89. The van der Waals surface area contributed by atoms with Crippen LogP contribution in [0.3, 0.4) is 0 Å².